The van der Waals surface area contributed by atoms with Crippen molar-refractivity contribution in [2.24, 2.45) is 0 Å². The second-order valence-corrected chi connectivity index (χ2v) is 5.44. The Morgan fingerprint density at radius 3 is 2.89 bits per heavy atom. The van der Waals surface area contributed by atoms with E-state index < -0.39 is 5.82 Å². The van der Waals surface area contributed by atoms with Crippen LogP contribution in [0.4, 0.5) is 4.39 Å². The van der Waals surface area contributed by atoms with Gasteiger partial charge in [0, 0.05) is 18.0 Å². The Morgan fingerprint density at radius 2 is 2.11 bits per heavy atom. The van der Waals surface area contributed by atoms with E-state index in [0.29, 0.717) is 10.6 Å². The van der Waals surface area contributed by atoms with Gasteiger partial charge in [-0.25, -0.2) is 4.39 Å². The van der Waals surface area contributed by atoms with Crippen LogP contribution in [-0.2, 0) is 6.54 Å². The fourth-order valence-corrected chi connectivity index (χ4v) is 3.03. The second kappa shape index (κ2) is 4.69. The van der Waals surface area contributed by atoms with E-state index in [0.717, 1.165) is 31.1 Å². The van der Waals surface area contributed by atoms with Crippen LogP contribution in [0.25, 0.3) is 0 Å². The molecule has 0 amide bonds. The Labute approximate surface area is 119 Å². The number of aromatic nitrogens is 2. The number of halogens is 3. The van der Waals surface area contributed by atoms with Crippen LogP contribution in [0.1, 0.15) is 30.0 Å². The molecule has 0 saturated carbocycles. The SMILES string of the molecule is Oc1cc(C2CCCn3ncc(Cl)c32)c(F)cc1Cl. The molecule has 0 bridgehead atoms. The highest BCUT2D eigenvalue weighted by Gasteiger charge is 2.28. The summed E-state index contributed by atoms with van der Waals surface area (Å²) < 4.78 is 15.9. The topological polar surface area (TPSA) is 38.0 Å². The maximum absolute atomic E-state index is 14.1. The van der Waals surface area contributed by atoms with Crippen LogP contribution >= 0.6 is 23.2 Å². The molecule has 0 saturated heterocycles. The molecule has 0 spiro atoms. The standard InChI is InChI=1S/C13H11Cl2FN2O/c14-9-5-11(16)8(4-12(9)19)7-2-1-3-18-13(7)10(15)6-17-18/h4-7,19H,1-3H2. The quantitative estimate of drug-likeness (QED) is 0.865. The molecule has 0 radical (unpaired) electrons. The van der Waals surface area contributed by atoms with Gasteiger partial charge in [0.2, 0.25) is 0 Å². The van der Waals surface area contributed by atoms with Gasteiger partial charge in [-0.2, -0.15) is 5.10 Å². The lowest BCUT2D eigenvalue weighted by molar-refractivity contribution is 0.438. The van der Waals surface area contributed by atoms with Crippen LogP contribution in [0.3, 0.4) is 0 Å². The molecule has 1 atom stereocenters. The van der Waals surface area contributed by atoms with Crippen molar-refractivity contribution in [1.29, 1.82) is 0 Å². The highest BCUT2D eigenvalue weighted by molar-refractivity contribution is 6.32. The summed E-state index contributed by atoms with van der Waals surface area (Å²) in [7, 11) is 0. The third-order valence-corrected chi connectivity index (χ3v) is 4.06. The highest BCUT2D eigenvalue weighted by Crippen LogP contribution is 2.40. The Morgan fingerprint density at radius 1 is 1.32 bits per heavy atom. The summed E-state index contributed by atoms with van der Waals surface area (Å²) in [5, 5.41) is 14.4. The van der Waals surface area contributed by atoms with Gasteiger partial charge in [0.15, 0.2) is 0 Å². The molecule has 1 aromatic heterocycles. The van der Waals surface area contributed by atoms with E-state index in [-0.39, 0.29) is 16.7 Å². The average molecular weight is 301 g/mol. The summed E-state index contributed by atoms with van der Waals surface area (Å²) in [6, 6.07) is 2.51. The minimum absolute atomic E-state index is 0.0108. The van der Waals surface area contributed by atoms with Crippen molar-refractivity contribution >= 4 is 23.2 Å². The van der Waals surface area contributed by atoms with Gasteiger partial charge in [-0.05, 0) is 25.0 Å². The molecule has 3 nitrogen and oxygen atoms in total. The summed E-state index contributed by atoms with van der Waals surface area (Å²) in [6.07, 6.45) is 3.23. The normalized spacial score (nSPS) is 18.4. The molecule has 0 fully saturated rings. The predicted octanol–water partition coefficient (Wildman–Crippen LogP) is 3.96. The van der Waals surface area contributed by atoms with E-state index in [2.05, 4.69) is 5.10 Å². The van der Waals surface area contributed by atoms with E-state index in [4.69, 9.17) is 23.2 Å². The van der Waals surface area contributed by atoms with E-state index in [1.807, 2.05) is 0 Å². The van der Waals surface area contributed by atoms with Crippen molar-refractivity contribution in [1.82, 2.24) is 9.78 Å². The molecule has 19 heavy (non-hydrogen) atoms. The van der Waals surface area contributed by atoms with Crippen molar-refractivity contribution in [3.05, 3.63) is 45.4 Å². The zero-order chi connectivity index (χ0) is 13.6. The van der Waals surface area contributed by atoms with Gasteiger partial charge in [-0.1, -0.05) is 23.2 Å². The molecule has 1 aliphatic heterocycles. The van der Waals surface area contributed by atoms with Crippen LogP contribution in [0.15, 0.2) is 18.3 Å². The largest absolute Gasteiger partial charge is 0.506 e. The summed E-state index contributed by atoms with van der Waals surface area (Å²) in [5.41, 5.74) is 1.21. The minimum atomic E-state index is -0.432. The van der Waals surface area contributed by atoms with Crippen molar-refractivity contribution < 1.29 is 9.50 Å². The first-order chi connectivity index (χ1) is 9.08. The lowest BCUT2D eigenvalue weighted by Crippen LogP contribution is -2.18. The molecule has 6 heteroatoms. The number of phenolic OH excluding ortho intramolecular Hbond substituents is 1. The maximum atomic E-state index is 14.1. The second-order valence-electron chi connectivity index (χ2n) is 4.62. The van der Waals surface area contributed by atoms with Crippen LogP contribution in [0, 0.1) is 5.82 Å². The first-order valence-electron chi connectivity index (χ1n) is 5.97. The van der Waals surface area contributed by atoms with Crippen molar-refractivity contribution in [2.45, 2.75) is 25.3 Å². The van der Waals surface area contributed by atoms with Gasteiger partial charge >= 0.3 is 0 Å². The Hall–Kier alpha value is -1.26. The minimum Gasteiger partial charge on any atom is -0.506 e. The molecular weight excluding hydrogens is 290 g/mol. The number of nitrogens with zero attached hydrogens (tertiary/aromatic N) is 2. The van der Waals surface area contributed by atoms with Crippen molar-refractivity contribution in [2.75, 3.05) is 0 Å². The summed E-state index contributed by atoms with van der Waals surface area (Å²) in [5.74, 6) is -0.753. The zero-order valence-electron chi connectivity index (χ0n) is 9.91. The predicted molar refractivity (Wildman–Crippen MR) is 71.4 cm³/mol. The molecule has 2 aromatic rings. The molecular formula is C13H11Cl2FN2O. The van der Waals surface area contributed by atoms with Gasteiger partial charge in [-0.15, -0.1) is 0 Å². The van der Waals surface area contributed by atoms with Crippen LogP contribution in [0.5, 0.6) is 5.75 Å². The number of aromatic hydroxyl groups is 1. The summed E-state index contributed by atoms with van der Waals surface area (Å²) in [6.45, 7) is 0.778. The van der Waals surface area contributed by atoms with Crippen molar-refractivity contribution in [3.63, 3.8) is 0 Å². The Bertz CT molecular complexity index is 642. The fourth-order valence-electron chi connectivity index (χ4n) is 2.60. The number of phenols is 1. The average Bonchev–Trinajstić information content (AvgIpc) is 2.76. The smallest absolute Gasteiger partial charge is 0.134 e. The first kappa shape index (κ1) is 12.8. The van der Waals surface area contributed by atoms with Crippen molar-refractivity contribution in [3.8, 4) is 5.75 Å². The maximum Gasteiger partial charge on any atom is 0.134 e. The number of hydrogen-bond donors (Lipinski definition) is 1. The van der Waals surface area contributed by atoms with E-state index in [1.165, 1.54) is 6.07 Å². The number of fused-ring (bicyclic) bond motifs is 1. The lowest BCUT2D eigenvalue weighted by atomic mass is 9.88. The number of aryl methyl sites for hydroxylation is 1. The number of hydrogen-bond acceptors (Lipinski definition) is 2. The monoisotopic (exact) mass is 300 g/mol. The summed E-state index contributed by atoms with van der Waals surface area (Å²) in [4.78, 5) is 0. The third kappa shape index (κ3) is 2.09. The molecule has 1 unspecified atom stereocenters. The molecule has 0 aliphatic carbocycles. The van der Waals surface area contributed by atoms with E-state index in [1.54, 1.807) is 10.9 Å². The molecule has 2 heterocycles. The third-order valence-electron chi connectivity index (χ3n) is 3.47. The molecule has 1 N–H and O–H groups in total. The first-order valence-corrected chi connectivity index (χ1v) is 6.72. The Kier molecular flexibility index (Phi) is 3.15. The molecule has 100 valence electrons. The fraction of sp³-hybridized carbons (Fsp3) is 0.308. The molecule has 1 aromatic carbocycles. The van der Waals surface area contributed by atoms with Gasteiger partial charge in [0.1, 0.15) is 11.6 Å². The lowest BCUT2D eigenvalue weighted by Gasteiger charge is -2.25. The van der Waals surface area contributed by atoms with Gasteiger partial charge < -0.3 is 5.11 Å². The van der Waals surface area contributed by atoms with Gasteiger partial charge in [-0.3, -0.25) is 4.68 Å². The molecule has 3 rings (SSSR count). The number of rotatable bonds is 1. The van der Waals surface area contributed by atoms with Gasteiger partial charge in [0.05, 0.1) is 21.9 Å². The summed E-state index contributed by atoms with van der Waals surface area (Å²) >= 11 is 11.8. The van der Waals surface area contributed by atoms with Crippen LogP contribution < -0.4 is 0 Å². The van der Waals surface area contributed by atoms with Gasteiger partial charge in [0.25, 0.3) is 0 Å². The van der Waals surface area contributed by atoms with Crippen LogP contribution in [0.2, 0.25) is 10.0 Å². The Balaban J connectivity index is 2.14. The number of benzene rings is 1. The van der Waals surface area contributed by atoms with E-state index >= 15 is 0 Å². The highest BCUT2D eigenvalue weighted by atomic mass is 35.5. The zero-order valence-corrected chi connectivity index (χ0v) is 11.4. The molecule has 1 aliphatic rings. The van der Waals surface area contributed by atoms with Crippen LogP contribution in [-0.4, -0.2) is 14.9 Å². The van der Waals surface area contributed by atoms with E-state index in [9.17, 15) is 9.50 Å².